The van der Waals surface area contributed by atoms with Crippen LogP contribution >= 0.6 is 0 Å². The first-order valence-corrected chi connectivity index (χ1v) is 4.19. The summed E-state index contributed by atoms with van der Waals surface area (Å²) in [6, 6.07) is 0. The van der Waals surface area contributed by atoms with E-state index in [-0.39, 0.29) is 13.7 Å². The monoisotopic (exact) mass is 160 g/mol. The van der Waals surface area contributed by atoms with Crippen molar-refractivity contribution in [2.45, 2.75) is 26.6 Å². The van der Waals surface area contributed by atoms with Crippen molar-refractivity contribution in [3.8, 4) is 0 Å². The highest BCUT2D eigenvalue weighted by atomic mass is 16.6. The second-order valence-corrected chi connectivity index (χ2v) is 2.21. The lowest BCUT2D eigenvalue weighted by Crippen LogP contribution is -2.22. The van der Waals surface area contributed by atoms with Gasteiger partial charge in [-0.2, -0.15) is 0 Å². The molecule has 4 heteroatoms. The Bertz CT molecular complexity index is 74.1. The first-order valence-electron chi connectivity index (χ1n) is 4.19. The molecule has 0 atom stereocenters. The minimum atomic E-state index is -0.128. The van der Waals surface area contributed by atoms with Crippen LogP contribution in [0.5, 0.6) is 0 Å². The molecule has 0 aromatic rings. The maximum absolute atomic E-state index is 8.54. The van der Waals surface area contributed by atoms with Gasteiger partial charge in [-0.15, -0.1) is 0 Å². The lowest BCUT2D eigenvalue weighted by molar-refractivity contribution is 0.208. The number of rotatable bonds is 7. The minimum absolute atomic E-state index is 0.128. The summed E-state index contributed by atoms with van der Waals surface area (Å²) in [6.45, 7) is 5.40. The maximum atomic E-state index is 8.54. The topological polar surface area (TPSA) is 38.7 Å². The molecule has 0 bridgehead atoms. The molecule has 66 valence electrons. The van der Waals surface area contributed by atoms with Crippen molar-refractivity contribution in [2.75, 3.05) is 19.8 Å². The van der Waals surface area contributed by atoms with Gasteiger partial charge in [0.15, 0.2) is 0 Å². The molecule has 0 saturated heterocycles. The van der Waals surface area contributed by atoms with Crippen LogP contribution in [0.4, 0.5) is 0 Å². The fourth-order valence-corrected chi connectivity index (χ4v) is 0.845. The number of aliphatic hydroxyl groups excluding tert-OH is 1. The van der Waals surface area contributed by atoms with Gasteiger partial charge in [0.05, 0.1) is 0 Å². The smallest absolute Gasteiger partial charge is 0.411 e. The van der Waals surface area contributed by atoms with E-state index in [2.05, 4.69) is 0 Å². The average Bonchev–Trinajstić information content (AvgIpc) is 2.01. The molecule has 0 aliphatic carbocycles. The van der Waals surface area contributed by atoms with E-state index in [0.29, 0.717) is 13.2 Å². The molecule has 0 aromatic carbocycles. The van der Waals surface area contributed by atoms with E-state index in [1.807, 2.05) is 13.8 Å². The Kier molecular flexibility index (Phi) is 8.01. The van der Waals surface area contributed by atoms with E-state index in [4.69, 9.17) is 14.4 Å². The molecule has 0 amide bonds. The Balaban J connectivity index is 3.34. The van der Waals surface area contributed by atoms with Gasteiger partial charge in [-0.05, 0) is 26.6 Å². The van der Waals surface area contributed by atoms with Crippen molar-refractivity contribution in [1.29, 1.82) is 0 Å². The van der Waals surface area contributed by atoms with Crippen molar-refractivity contribution >= 4 is 7.12 Å². The largest absolute Gasteiger partial charge is 0.456 e. The Morgan fingerprint density at radius 3 is 2.09 bits per heavy atom. The summed E-state index contributed by atoms with van der Waals surface area (Å²) < 4.78 is 10.5. The first kappa shape index (κ1) is 10.9. The van der Waals surface area contributed by atoms with Gasteiger partial charge < -0.3 is 14.4 Å². The van der Waals surface area contributed by atoms with Crippen molar-refractivity contribution in [1.82, 2.24) is 0 Å². The molecule has 0 aliphatic heterocycles. The van der Waals surface area contributed by atoms with E-state index < -0.39 is 0 Å². The highest BCUT2D eigenvalue weighted by molar-refractivity contribution is 6.44. The van der Waals surface area contributed by atoms with Crippen LogP contribution in [-0.2, 0) is 9.31 Å². The summed E-state index contributed by atoms with van der Waals surface area (Å²) in [5.74, 6) is 0. The van der Waals surface area contributed by atoms with Crippen LogP contribution in [0.3, 0.4) is 0 Å². The highest BCUT2D eigenvalue weighted by Crippen LogP contribution is 2.00. The Morgan fingerprint density at radius 2 is 1.73 bits per heavy atom. The molecule has 0 aliphatic rings. The summed E-state index contributed by atoms with van der Waals surface area (Å²) in [5, 5.41) is 8.54. The van der Waals surface area contributed by atoms with Gasteiger partial charge >= 0.3 is 7.12 Å². The third kappa shape index (κ3) is 6.35. The van der Waals surface area contributed by atoms with Gasteiger partial charge in [-0.3, -0.25) is 0 Å². The molecule has 0 rings (SSSR count). The second kappa shape index (κ2) is 8.05. The Morgan fingerprint density at radius 1 is 1.18 bits per heavy atom. The van der Waals surface area contributed by atoms with E-state index in [1.54, 1.807) is 0 Å². The third-order valence-corrected chi connectivity index (χ3v) is 1.30. The van der Waals surface area contributed by atoms with Gasteiger partial charge in [0.2, 0.25) is 0 Å². The molecule has 11 heavy (non-hydrogen) atoms. The van der Waals surface area contributed by atoms with E-state index in [9.17, 15) is 0 Å². The van der Waals surface area contributed by atoms with Crippen LogP contribution in [0.1, 0.15) is 20.3 Å². The fourth-order valence-electron chi connectivity index (χ4n) is 0.845. The van der Waals surface area contributed by atoms with Crippen LogP contribution in [0.15, 0.2) is 0 Å². The van der Waals surface area contributed by atoms with E-state index >= 15 is 0 Å². The number of hydrogen-bond donors (Lipinski definition) is 1. The fraction of sp³-hybridized carbons (Fsp3) is 1.00. The van der Waals surface area contributed by atoms with Crippen molar-refractivity contribution < 1.29 is 14.4 Å². The zero-order chi connectivity index (χ0) is 8.53. The molecule has 0 spiro atoms. The standard InChI is InChI=1S/C7H17BO3/c1-3-10-8(11-4-2)6-5-7-9/h9H,3-7H2,1-2H3. The molecule has 0 unspecified atom stereocenters. The quantitative estimate of drug-likeness (QED) is 0.563. The summed E-state index contributed by atoms with van der Waals surface area (Å²) in [4.78, 5) is 0. The predicted octanol–water partition coefficient (Wildman–Crippen LogP) is 0.930. The van der Waals surface area contributed by atoms with Gasteiger partial charge in [0, 0.05) is 19.8 Å². The maximum Gasteiger partial charge on any atom is 0.456 e. The first-order chi connectivity index (χ1) is 5.35. The molecule has 0 radical (unpaired) electrons. The van der Waals surface area contributed by atoms with Crippen LogP contribution < -0.4 is 0 Å². The van der Waals surface area contributed by atoms with E-state index in [1.165, 1.54) is 0 Å². The number of hydrogen-bond acceptors (Lipinski definition) is 3. The molecule has 3 nitrogen and oxygen atoms in total. The second-order valence-electron chi connectivity index (χ2n) is 2.21. The normalized spacial score (nSPS) is 10.1. The minimum Gasteiger partial charge on any atom is -0.411 e. The third-order valence-electron chi connectivity index (χ3n) is 1.30. The SMILES string of the molecule is CCOB(CCCO)OCC. The highest BCUT2D eigenvalue weighted by Gasteiger charge is 2.14. The molecule has 1 N–H and O–H groups in total. The van der Waals surface area contributed by atoms with Crippen LogP contribution in [0, 0.1) is 0 Å². The van der Waals surface area contributed by atoms with Gasteiger partial charge in [0.1, 0.15) is 0 Å². The average molecular weight is 160 g/mol. The Hall–Kier alpha value is -0.0551. The molecular weight excluding hydrogens is 143 g/mol. The summed E-state index contributed by atoms with van der Waals surface area (Å²) in [6.07, 6.45) is 1.52. The van der Waals surface area contributed by atoms with Crippen molar-refractivity contribution in [2.24, 2.45) is 0 Å². The lowest BCUT2D eigenvalue weighted by atomic mass is 9.83. The molecule has 0 heterocycles. The van der Waals surface area contributed by atoms with Gasteiger partial charge in [-0.1, -0.05) is 0 Å². The Labute approximate surface area is 68.8 Å². The summed E-state index contributed by atoms with van der Waals surface area (Å²) in [5.41, 5.74) is 0. The van der Waals surface area contributed by atoms with Crippen LogP contribution in [0.2, 0.25) is 6.32 Å². The van der Waals surface area contributed by atoms with Gasteiger partial charge in [-0.25, -0.2) is 0 Å². The predicted molar refractivity (Wildman–Crippen MR) is 45.5 cm³/mol. The van der Waals surface area contributed by atoms with Crippen molar-refractivity contribution in [3.63, 3.8) is 0 Å². The van der Waals surface area contributed by atoms with Crippen LogP contribution in [-0.4, -0.2) is 32.0 Å². The molecule has 0 saturated carbocycles. The molecule has 0 fully saturated rings. The molecular formula is C7H17BO3. The van der Waals surface area contributed by atoms with Crippen LogP contribution in [0.25, 0.3) is 0 Å². The zero-order valence-corrected chi connectivity index (χ0v) is 7.38. The van der Waals surface area contributed by atoms with Crippen molar-refractivity contribution in [3.05, 3.63) is 0 Å². The lowest BCUT2D eigenvalue weighted by Gasteiger charge is -2.10. The summed E-state index contributed by atoms with van der Waals surface area (Å²) in [7, 11) is -0.128. The number of aliphatic hydroxyl groups is 1. The van der Waals surface area contributed by atoms with E-state index in [0.717, 1.165) is 12.7 Å². The zero-order valence-electron chi connectivity index (χ0n) is 7.38. The van der Waals surface area contributed by atoms with Gasteiger partial charge in [0.25, 0.3) is 0 Å². The summed E-state index contributed by atoms with van der Waals surface area (Å²) >= 11 is 0. The molecule has 0 aromatic heterocycles.